The highest BCUT2D eigenvalue weighted by molar-refractivity contribution is 6.04. The maximum absolute atomic E-state index is 11.4. The van der Waals surface area contributed by atoms with Crippen LogP contribution in [0.1, 0.15) is 6.92 Å². The summed E-state index contributed by atoms with van der Waals surface area (Å²) in [4.78, 5) is 32.1. The van der Waals surface area contributed by atoms with E-state index in [-0.39, 0.29) is 24.3 Å². The average Bonchev–Trinajstić information content (AvgIpc) is 2.23. The number of hydrogen-bond acceptors (Lipinski definition) is 6. The van der Waals surface area contributed by atoms with Gasteiger partial charge in [-0.15, -0.1) is 0 Å². The second kappa shape index (κ2) is 3.76. The number of hydrogen-bond donors (Lipinski definition) is 2. The zero-order chi connectivity index (χ0) is 11.7. The van der Waals surface area contributed by atoms with Gasteiger partial charge in [-0.2, -0.15) is 4.98 Å². The summed E-state index contributed by atoms with van der Waals surface area (Å²) in [6, 6.07) is 1.06. The van der Waals surface area contributed by atoms with Gasteiger partial charge >= 0.3 is 0 Å². The van der Waals surface area contributed by atoms with Gasteiger partial charge < -0.3 is 10.6 Å². The molecule has 3 N–H and O–H groups in total. The minimum Gasteiger partial charge on any atom is -0.384 e. The third kappa shape index (κ3) is 1.79. The number of nitrogens with one attached hydrogen (secondary N) is 1. The summed E-state index contributed by atoms with van der Waals surface area (Å²) in [5, 5.41) is 2.24. The first kappa shape index (κ1) is 10.3. The van der Waals surface area contributed by atoms with E-state index in [9.17, 15) is 9.59 Å². The molecule has 0 radical (unpaired) electrons. The fourth-order valence-electron chi connectivity index (χ4n) is 1.46. The number of aromatic nitrogens is 2. The van der Waals surface area contributed by atoms with Crippen molar-refractivity contribution in [1.82, 2.24) is 15.3 Å². The predicted molar refractivity (Wildman–Crippen MR) is 56.4 cm³/mol. The smallest absolute Gasteiger partial charge is 0.249 e. The van der Waals surface area contributed by atoms with E-state index in [1.807, 2.05) is 0 Å². The van der Waals surface area contributed by atoms with E-state index in [0.29, 0.717) is 5.82 Å². The van der Waals surface area contributed by atoms with Crippen LogP contribution in [0.3, 0.4) is 0 Å². The Morgan fingerprint density at radius 1 is 1.56 bits per heavy atom. The molecule has 0 aromatic carbocycles. The Labute approximate surface area is 91.7 Å². The van der Waals surface area contributed by atoms with E-state index in [2.05, 4.69) is 15.3 Å². The Morgan fingerprint density at radius 2 is 2.31 bits per heavy atom. The SMILES string of the molecule is CC1C(=O)NC(=O)CN1c1nccc(N)n1. The van der Waals surface area contributed by atoms with Gasteiger partial charge in [0, 0.05) is 6.20 Å². The Morgan fingerprint density at radius 3 is 3.00 bits per heavy atom. The van der Waals surface area contributed by atoms with Gasteiger partial charge in [0.2, 0.25) is 17.8 Å². The van der Waals surface area contributed by atoms with Crippen LogP contribution in [0.25, 0.3) is 0 Å². The van der Waals surface area contributed by atoms with E-state index in [4.69, 9.17) is 5.73 Å². The van der Waals surface area contributed by atoms with Crippen LogP contribution in [-0.2, 0) is 9.59 Å². The minimum absolute atomic E-state index is 0.0519. The monoisotopic (exact) mass is 221 g/mol. The molecule has 2 amide bonds. The number of nitrogens with zero attached hydrogens (tertiary/aromatic N) is 3. The predicted octanol–water partition coefficient (Wildman–Crippen LogP) is -1.09. The summed E-state index contributed by atoms with van der Waals surface area (Å²) < 4.78 is 0. The molecule has 0 aliphatic carbocycles. The summed E-state index contributed by atoms with van der Waals surface area (Å²) >= 11 is 0. The highest BCUT2D eigenvalue weighted by Gasteiger charge is 2.31. The van der Waals surface area contributed by atoms with E-state index in [1.165, 1.54) is 11.1 Å². The van der Waals surface area contributed by atoms with Crippen molar-refractivity contribution in [3.63, 3.8) is 0 Å². The van der Waals surface area contributed by atoms with E-state index in [1.54, 1.807) is 13.0 Å². The molecule has 1 aliphatic heterocycles. The fraction of sp³-hybridized carbons (Fsp3) is 0.333. The van der Waals surface area contributed by atoms with Crippen LogP contribution in [0.2, 0.25) is 0 Å². The van der Waals surface area contributed by atoms with Gasteiger partial charge in [0.15, 0.2) is 0 Å². The zero-order valence-corrected chi connectivity index (χ0v) is 8.67. The lowest BCUT2D eigenvalue weighted by molar-refractivity contribution is -0.132. The highest BCUT2D eigenvalue weighted by Crippen LogP contribution is 2.14. The first-order chi connectivity index (χ1) is 7.58. The third-order valence-electron chi connectivity index (χ3n) is 2.34. The molecule has 16 heavy (non-hydrogen) atoms. The first-order valence-electron chi connectivity index (χ1n) is 4.77. The molecule has 84 valence electrons. The Kier molecular flexibility index (Phi) is 2.43. The lowest BCUT2D eigenvalue weighted by atomic mass is 10.2. The summed E-state index contributed by atoms with van der Waals surface area (Å²) in [5.74, 6) is -0.136. The number of carbonyl (C=O) groups excluding carboxylic acids is 2. The average molecular weight is 221 g/mol. The van der Waals surface area contributed by atoms with Crippen LogP contribution in [0.5, 0.6) is 0 Å². The number of rotatable bonds is 1. The summed E-state index contributed by atoms with van der Waals surface area (Å²) in [7, 11) is 0. The summed E-state index contributed by atoms with van der Waals surface area (Å²) in [6.45, 7) is 1.73. The number of nitrogens with two attached hydrogens (primary N) is 1. The first-order valence-corrected chi connectivity index (χ1v) is 4.77. The van der Waals surface area contributed by atoms with Crippen molar-refractivity contribution in [3.8, 4) is 0 Å². The van der Waals surface area contributed by atoms with E-state index >= 15 is 0 Å². The van der Waals surface area contributed by atoms with Crippen molar-refractivity contribution in [3.05, 3.63) is 12.3 Å². The number of anilines is 2. The number of carbonyl (C=O) groups is 2. The molecule has 0 bridgehead atoms. The molecule has 1 fully saturated rings. The summed E-state index contributed by atoms with van der Waals surface area (Å²) in [6.07, 6.45) is 1.49. The molecule has 1 atom stereocenters. The Bertz CT molecular complexity index is 447. The molecule has 7 nitrogen and oxygen atoms in total. The van der Waals surface area contributed by atoms with Gasteiger partial charge in [0.1, 0.15) is 18.4 Å². The Balaban J connectivity index is 2.32. The standard InChI is InChI=1S/C9H11N5O2/c1-5-8(16)13-7(15)4-14(5)9-11-3-2-6(10)12-9/h2-3,5H,4H2,1H3,(H2,10,11,12)(H,13,15,16). The van der Waals surface area contributed by atoms with Crippen LogP contribution in [0.15, 0.2) is 12.3 Å². The van der Waals surface area contributed by atoms with Crippen molar-refractivity contribution < 1.29 is 9.59 Å². The Hall–Kier alpha value is -2.18. The molecule has 1 unspecified atom stereocenters. The molecule has 2 heterocycles. The zero-order valence-electron chi connectivity index (χ0n) is 8.67. The van der Waals surface area contributed by atoms with Crippen LogP contribution >= 0.6 is 0 Å². The van der Waals surface area contributed by atoms with Crippen LogP contribution in [-0.4, -0.2) is 34.4 Å². The molecular weight excluding hydrogens is 210 g/mol. The third-order valence-corrected chi connectivity index (χ3v) is 2.34. The quantitative estimate of drug-likeness (QED) is 0.584. The second-order valence-electron chi connectivity index (χ2n) is 3.50. The highest BCUT2D eigenvalue weighted by atomic mass is 16.2. The summed E-state index contributed by atoms with van der Waals surface area (Å²) in [5.41, 5.74) is 5.52. The van der Waals surface area contributed by atoms with Crippen molar-refractivity contribution in [2.45, 2.75) is 13.0 Å². The maximum atomic E-state index is 11.4. The van der Waals surface area contributed by atoms with Crippen molar-refractivity contribution in [1.29, 1.82) is 0 Å². The van der Waals surface area contributed by atoms with Gasteiger partial charge in [-0.3, -0.25) is 14.9 Å². The van der Waals surface area contributed by atoms with Gasteiger partial charge in [-0.1, -0.05) is 0 Å². The van der Waals surface area contributed by atoms with Gasteiger partial charge in [-0.25, -0.2) is 4.98 Å². The van der Waals surface area contributed by atoms with Gasteiger partial charge in [0.05, 0.1) is 0 Å². The van der Waals surface area contributed by atoms with Gasteiger partial charge in [0.25, 0.3) is 0 Å². The largest absolute Gasteiger partial charge is 0.384 e. The van der Waals surface area contributed by atoms with Gasteiger partial charge in [-0.05, 0) is 13.0 Å². The van der Waals surface area contributed by atoms with E-state index < -0.39 is 6.04 Å². The number of nitrogen functional groups attached to an aromatic ring is 1. The lowest BCUT2D eigenvalue weighted by Gasteiger charge is -2.31. The molecular formula is C9H11N5O2. The van der Waals surface area contributed by atoms with Crippen molar-refractivity contribution in [2.24, 2.45) is 0 Å². The molecule has 0 spiro atoms. The number of imide groups is 1. The number of amides is 2. The van der Waals surface area contributed by atoms with Crippen LogP contribution < -0.4 is 16.0 Å². The maximum Gasteiger partial charge on any atom is 0.249 e. The molecule has 7 heteroatoms. The van der Waals surface area contributed by atoms with Crippen molar-refractivity contribution in [2.75, 3.05) is 17.2 Å². The van der Waals surface area contributed by atoms with Crippen LogP contribution in [0, 0.1) is 0 Å². The fourth-order valence-corrected chi connectivity index (χ4v) is 1.46. The van der Waals surface area contributed by atoms with Crippen LogP contribution in [0.4, 0.5) is 11.8 Å². The molecule has 2 rings (SSSR count). The van der Waals surface area contributed by atoms with E-state index in [0.717, 1.165) is 0 Å². The second-order valence-corrected chi connectivity index (χ2v) is 3.50. The molecule has 1 aromatic rings. The molecule has 0 saturated carbocycles. The molecule has 1 saturated heterocycles. The molecule has 1 aliphatic rings. The minimum atomic E-state index is -0.487. The molecule has 1 aromatic heterocycles. The normalized spacial score (nSPS) is 20.8. The van der Waals surface area contributed by atoms with Crippen molar-refractivity contribution >= 4 is 23.6 Å². The lowest BCUT2D eigenvalue weighted by Crippen LogP contribution is -2.57. The topological polar surface area (TPSA) is 101 Å². The number of piperazine rings is 1.